The molecule has 0 saturated heterocycles. The molecule has 1 amide bonds. The largest absolute Gasteiger partial charge is 0.416 e. The minimum atomic E-state index is -4.42. The van der Waals surface area contributed by atoms with Gasteiger partial charge in [0, 0.05) is 11.4 Å². The maximum Gasteiger partial charge on any atom is 0.416 e. The van der Waals surface area contributed by atoms with Gasteiger partial charge in [-0.3, -0.25) is 4.79 Å². The predicted molar refractivity (Wildman–Crippen MR) is 95.9 cm³/mol. The van der Waals surface area contributed by atoms with Crippen molar-refractivity contribution < 1.29 is 18.0 Å². The van der Waals surface area contributed by atoms with Crippen molar-refractivity contribution in [2.24, 2.45) is 0 Å². The number of nitrogens with one attached hydrogen (secondary N) is 2. The zero-order valence-electron chi connectivity index (χ0n) is 14.2. The maximum atomic E-state index is 12.6. The standard InChI is InChI=1S/C19H15F3N4O/c1-12-3-2-4-15(11-12)23-17-10-9-16(25-26-17)18(27)24-14-7-5-13(6-8-14)19(20,21)22/h2-11H,1H3,(H,23,26)(H,24,27). The Kier molecular flexibility index (Phi) is 5.07. The second kappa shape index (κ2) is 7.45. The van der Waals surface area contributed by atoms with E-state index in [1.165, 1.54) is 18.2 Å². The Morgan fingerprint density at radius 1 is 0.926 bits per heavy atom. The maximum absolute atomic E-state index is 12.6. The number of hydrogen-bond acceptors (Lipinski definition) is 4. The van der Waals surface area contributed by atoms with Gasteiger partial charge < -0.3 is 10.6 Å². The van der Waals surface area contributed by atoms with Gasteiger partial charge in [-0.1, -0.05) is 12.1 Å². The van der Waals surface area contributed by atoms with Crippen LogP contribution in [0.5, 0.6) is 0 Å². The molecule has 0 aliphatic carbocycles. The summed E-state index contributed by atoms with van der Waals surface area (Å²) in [5.41, 5.74) is 1.42. The summed E-state index contributed by atoms with van der Waals surface area (Å²) >= 11 is 0. The smallest absolute Gasteiger partial charge is 0.339 e. The number of aromatic nitrogens is 2. The third-order valence-corrected chi connectivity index (χ3v) is 3.66. The molecule has 0 bridgehead atoms. The molecule has 1 aromatic heterocycles. The lowest BCUT2D eigenvalue weighted by Gasteiger charge is -2.09. The average molecular weight is 372 g/mol. The van der Waals surface area contributed by atoms with Crippen molar-refractivity contribution in [3.8, 4) is 0 Å². The molecule has 0 spiro atoms. The number of amides is 1. The number of hydrogen-bond donors (Lipinski definition) is 2. The highest BCUT2D eigenvalue weighted by Gasteiger charge is 2.30. The van der Waals surface area contributed by atoms with E-state index in [1.54, 1.807) is 6.07 Å². The molecule has 5 nitrogen and oxygen atoms in total. The molecule has 0 saturated carbocycles. The third-order valence-electron chi connectivity index (χ3n) is 3.66. The van der Waals surface area contributed by atoms with Crippen LogP contribution in [0, 0.1) is 6.92 Å². The number of benzene rings is 2. The summed E-state index contributed by atoms with van der Waals surface area (Å²) in [4.78, 5) is 12.2. The number of carbonyl (C=O) groups excluding carboxylic acids is 1. The van der Waals surface area contributed by atoms with E-state index in [4.69, 9.17) is 0 Å². The SMILES string of the molecule is Cc1cccc(Nc2ccc(C(=O)Nc3ccc(C(F)(F)F)cc3)nn2)c1. The van der Waals surface area contributed by atoms with E-state index in [0.717, 1.165) is 23.4 Å². The van der Waals surface area contributed by atoms with Gasteiger partial charge in [-0.15, -0.1) is 10.2 Å². The zero-order valence-corrected chi connectivity index (χ0v) is 14.2. The van der Waals surface area contributed by atoms with E-state index < -0.39 is 17.6 Å². The van der Waals surface area contributed by atoms with E-state index >= 15 is 0 Å². The molecular formula is C19H15F3N4O. The zero-order chi connectivity index (χ0) is 19.4. The average Bonchev–Trinajstić information content (AvgIpc) is 2.62. The first-order valence-electron chi connectivity index (χ1n) is 7.97. The minimum Gasteiger partial charge on any atom is -0.339 e. The Bertz CT molecular complexity index is 938. The first-order chi connectivity index (χ1) is 12.8. The highest BCUT2D eigenvalue weighted by molar-refractivity contribution is 6.02. The van der Waals surface area contributed by atoms with Gasteiger partial charge in [0.15, 0.2) is 11.5 Å². The molecule has 138 valence electrons. The fourth-order valence-corrected chi connectivity index (χ4v) is 2.33. The lowest BCUT2D eigenvalue weighted by molar-refractivity contribution is -0.137. The van der Waals surface area contributed by atoms with Crippen LogP contribution in [0.3, 0.4) is 0 Å². The fraction of sp³-hybridized carbons (Fsp3) is 0.105. The quantitative estimate of drug-likeness (QED) is 0.690. The van der Waals surface area contributed by atoms with Gasteiger partial charge in [0.1, 0.15) is 0 Å². The Labute approximate surface area is 153 Å². The summed E-state index contributed by atoms with van der Waals surface area (Å²) in [6.45, 7) is 1.96. The van der Waals surface area contributed by atoms with Gasteiger partial charge >= 0.3 is 6.18 Å². The van der Waals surface area contributed by atoms with Gasteiger partial charge in [0.25, 0.3) is 5.91 Å². The first kappa shape index (κ1) is 18.4. The molecule has 0 aliphatic heterocycles. The molecule has 2 aromatic carbocycles. The van der Waals surface area contributed by atoms with Crippen LogP contribution in [0.15, 0.2) is 60.7 Å². The molecule has 0 radical (unpaired) electrons. The van der Waals surface area contributed by atoms with Crippen molar-refractivity contribution in [1.29, 1.82) is 0 Å². The van der Waals surface area contributed by atoms with Crippen molar-refractivity contribution >= 4 is 23.1 Å². The second-order valence-corrected chi connectivity index (χ2v) is 5.83. The van der Waals surface area contributed by atoms with E-state index in [-0.39, 0.29) is 11.4 Å². The fourth-order valence-electron chi connectivity index (χ4n) is 2.33. The number of alkyl halides is 3. The number of rotatable bonds is 4. The van der Waals surface area contributed by atoms with Crippen LogP contribution >= 0.6 is 0 Å². The Morgan fingerprint density at radius 2 is 1.67 bits per heavy atom. The van der Waals surface area contributed by atoms with Gasteiger partial charge in [0.2, 0.25) is 0 Å². The van der Waals surface area contributed by atoms with Crippen LogP contribution in [0.25, 0.3) is 0 Å². The number of halogens is 3. The molecule has 3 aromatic rings. The predicted octanol–water partition coefficient (Wildman–Crippen LogP) is 4.80. The van der Waals surface area contributed by atoms with Crippen LogP contribution in [0.1, 0.15) is 21.6 Å². The van der Waals surface area contributed by atoms with Crippen LogP contribution in [0.4, 0.5) is 30.4 Å². The summed E-state index contributed by atoms with van der Waals surface area (Å²) in [5.74, 6) is -0.101. The summed E-state index contributed by atoms with van der Waals surface area (Å²) in [5, 5.41) is 13.3. The van der Waals surface area contributed by atoms with E-state index in [2.05, 4.69) is 20.8 Å². The normalized spacial score (nSPS) is 11.1. The molecule has 0 atom stereocenters. The minimum absolute atomic E-state index is 0.0460. The summed E-state index contributed by atoms with van der Waals surface area (Å²) in [7, 11) is 0. The molecule has 0 aliphatic rings. The molecular weight excluding hydrogens is 357 g/mol. The number of anilines is 3. The lowest BCUT2D eigenvalue weighted by Crippen LogP contribution is -2.15. The Hall–Kier alpha value is -3.42. The molecule has 8 heteroatoms. The first-order valence-corrected chi connectivity index (χ1v) is 7.97. The van der Waals surface area contributed by atoms with Crippen molar-refractivity contribution in [2.45, 2.75) is 13.1 Å². The van der Waals surface area contributed by atoms with E-state index in [1.807, 2.05) is 31.2 Å². The highest BCUT2D eigenvalue weighted by Crippen LogP contribution is 2.29. The van der Waals surface area contributed by atoms with E-state index in [0.29, 0.717) is 5.82 Å². The molecule has 1 heterocycles. The number of aryl methyl sites for hydroxylation is 1. The number of nitrogens with zero attached hydrogens (tertiary/aromatic N) is 2. The highest BCUT2D eigenvalue weighted by atomic mass is 19.4. The van der Waals surface area contributed by atoms with Crippen molar-refractivity contribution in [3.05, 3.63) is 77.5 Å². The summed E-state index contributed by atoms with van der Waals surface area (Å²) < 4.78 is 37.7. The summed E-state index contributed by atoms with van der Waals surface area (Å²) in [6.07, 6.45) is -4.42. The van der Waals surface area contributed by atoms with Crippen LogP contribution in [0.2, 0.25) is 0 Å². The van der Waals surface area contributed by atoms with Crippen LogP contribution in [-0.4, -0.2) is 16.1 Å². The molecule has 0 fully saturated rings. The Morgan fingerprint density at radius 3 is 2.26 bits per heavy atom. The van der Waals surface area contributed by atoms with Crippen molar-refractivity contribution in [1.82, 2.24) is 10.2 Å². The molecule has 27 heavy (non-hydrogen) atoms. The molecule has 0 unspecified atom stereocenters. The van der Waals surface area contributed by atoms with Crippen LogP contribution in [-0.2, 0) is 6.18 Å². The second-order valence-electron chi connectivity index (χ2n) is 5.83. The lowest BCUT2D eigenvalue weighted by atomic mass is 10.2. The van der Waals surface area contributed by atoms with Crippen molar-refractivity contribution in [2.75, 3.05) is 10.6 Å². The third kappa shape index (κ3) is 4.81. The van der Waals surface area contributed by atoms with Crippen molar-refractivity contribution in [3.63, 3.8) is 0 Å². The van der Waals surface area contributed by atoms with Gasteiger partial charge in [-0.05, 0) is 61.0 Å². The molecule has 3 rings (SSSR count). The van der Waals surface area contributed by atoms with E-state index in [9.17, 15) is 18.0 Å². The van der Waals surface area contributed by atoms with Gasteiger partial charge in [0.05, 0.1) is 5.56 Å². The van der Waals surface area contributed by atoms with Crippen LogP contribution < -0.4 is 10.6 Å². The number of carbonyl (C=O) groups is 1. The summed E-state index contributed by atoms with van der Waals surface area (Å²) in [6, 6.07) is 14.9. The van der Waals surface area contributed by atoms with Gasteiger partial charge in [-0.25, -0.2) is 0 Å². The molecule has 2 N–H and O–H groups in total. The van der Waals surface area contributed by atoms with Gasteiger partial charge in [-0.2, -0.15) is 13.2 Å². The Balaban J connectivity index is 1.65. The topological polar surface area (TPSA) is 66.9 Å². The monoisotopic (exact) mass is 372 g/mol.